The van der Waals surface area contributed by atoms with Crippen molar-refractivity contribution < 1.29 is 27.7 Å². The van der Waals surface area contributed by atoms with Gasteiger partial charge >= 0.3 is 7.82 Å². The first-order valence-electron chi connectivity index (χ1n) is 11.5. The highest BCUT2D eigenvalue weighted by molar-refractivity contribution is 7.47. The zero-order valence-corrected chi connectivity index (χ0v) is 22.2. The summed E-state index contributed by atoms with van der Waals surface area (Å²) in [4.78, 5) is 36.0. The molecule has 0 aliphatic carbocycles. The summed E-state index contributed by atoms with van der Waals surface area (Å²) in [5.74, 6) is -0.942. The fourth-order valence-electron chi connectivity index (χ4n) is 3.77. The molecule has 0 saturated heterocycles. The van der Waals surface area contributed by atoms with Crippen LogP contribution >= 0.6 is 7.82 Å². The number of pyridine rings is 3. The van der Waals surface area contributed by atoms with Crippen molar-refractivity contribution in [3.63, 3.8) is 0 Å². The molecule has 38 heavy (non-hydrogen) atoms. The van der Waals surface area contributed by atoms with E-state index in [0.29, 0.717) is 39.0 Å². The van der Waals surface area contributed by atoms with Crippen molar-refractivity contribution in [2.75, 3.05) is 11.9 Å². The molecule has 12 heteroatoms. The van der Waals surface area contributed by atoms with E-state index in [4.69, 9.17) is 9.05 Å². The molecule has 0 aromatic carbocycles. The number of halogens is 1. The molecule has 1 atom stereocenters. The lowest BCUT2D eigenvalue weighted by Crippen LogP contribution is -2.23. The zero-order valence-electron chi connectivity index (χ0n) is 21.3. The molecule has 0 spiro atoms. The number of phosphoric acid groups is 1. The van der Waals surface area contributed by atoms with Crippen molar-refractivity contribution in [2.45, 2.75) is 33.1 Å². The highest BCUT2D eigenvalue weighted by atomic mass is 31.2. The van der Waals surface area contributed by atoms with Crippen LogP contribution in [0.2, 0.25) is 0 Å². The molecule has 10 nitrogen and oxygen atoms in total. The molecule has 198 valence electrons. The average molecular weight is 540 g/mol. The highest BCUT2D eigenvalue weighted by Gasteiger charge is 2.29. The van der Waals surface area contributed by atoms with Gasteiger partial charge in [0.1, 0.15) is 12.4 Å². The lowest BCUT2D eigenvalue weighted by atomic mass is 10.0. The summed E-state index contributed by atoms with van der Waals surface area (Å²) < 4.78 is 38.3. The summed E-state index contributed by atoms with van der Waals surface area (Å²) in [6.07, 6.45) is 9.01. The molecule has 1 N–H and O–H groups in total. The Hall–Kier alpha value is -3.76. The third kappa shape index (κ3) is 6.20. The molecule has 0 bridgehead atoms. The van der Waals surface area contributed by atoms with Gasteiger partial charge in [-0.2, -0.15) is 4.39 Å². The summed E-state index contributed by atoms with van der Waals surface area (Å²) in [7, 11) is -2.76. The van der Waals surface area contributed by atoms with Gasteiger partial charge in [0.05, 0.1) is 17.5 Å². The molecular weight excluding hydrogens is 512 g/mol. The van der Waals surface area contributed by atoms with E-state index in [1.807, 2.05) is 6.07 Å². The molecule has 4 rings (SSSR count). The van der Waals surface area contributed by atoms with Crippen LogP contribution in [0.1, 0.15) is 20.8 Å². The van der Waals surface area contributed by atoms with E-state index >= 15 is 0 Å². The van der Waals surface area contributed by atoms with E-state index < -0.39 is 19.4 Å². The molecular formula is C26H27FN5O5P. The minimum Gasteiger partial charge on any atom is -0.310 e. The van der Waals surface area contributed by atoms with Crippen molar-refractivity contribution in [3.8, 4) is 22.3 Å². The number of carbonyl (C=O) groups is 1. The van der Waals surface area contributed by atoms with E-state index in [1.54, 1.807) is 64.7 Å². The number of carbonyl (C=O) groups excluding carboxylic acids is 1. The van der Waals surface area contributed by atoms with Gasteiger partial charge in [-0.3, -0.25) is 18.8 Å². The van der Waals surface area contributed by atoms with Crippen molar-refractivity contribution in [1.29, 1.82) is 0 Å². The zero-order chi connectivity index (χ0) is 27.7. The maximum Gasteiger partial charge on any atom is 0.474 e. The molecule has 4 aromatic rings. The van der Waals surface area contributed by atoms with Crippen LogP contribution in [0.3, 0.4) is 0 Å². The Balaban J connectivity index is 1.78. The van der Waals surface area contributed by atoms with Gasteiger partial charge < -0.3 is 14.4 Å². The second-order valence-electron chi connectivity index (χ2n) is 9.44. The summed E-state index contributed by atoms with van der Waals surface area (Å²) in [5, 5.41) is 0.627. The number of hydrogen-bond acceptors (Lipinski definition) is 7. The number of hydrogen-bond donors (Lipinski definition) is 1. The number of likely N-dealkylation sites (N-methyl/N-ethyl adjacent to an activating group) is 1. The van der Waals surface area contributed by atoms with Crippen molar-refractivity contribution in [3.05, 3.63) is 73.9 Å². The molecule has 0 aliphatic rings. The second kappa shape index (κ2) is 10.5. The first-order valence-corrected chi connectivity index (χ1v) is 13.0. The third-order valence-corrected chi connectivity index (χ3v) is 6.67. The number of nitrogens with zero attached hydrogens (tertiary/aromatic N) is 5. The van der Waals surface area contributed by atoms with Gasteiger partial charge in [-0.05, 0) is 50.6 Å². The largest absolute Gasteiger partial charge is 0.474 e. The van der Waals surface area contributed by atoms with Gasteiger partial charge in [0.25, 0.3) is 0 Å². The van der Waals surface area contributed by atoms with Crippen molar-refractivity contribution in [1.82, 2.24) is 19.5 Å². The minimum absolute atomic E-state index is 0.284. The second-order valence-corrected chi connectivity index (χ2v) is 10.8. The van der Waals surface area contributed by atoms with E-state index in [2.05, 4.69) is 21.5 Å². The average Bonchev–Trinajstić information content (AvgIpc) is 3.23. The van der Waals surface area contributed by atoms with Crippen LogP contribution < -0.4 is 4.90 Å². The summed E-state index contributed by atoms with van der Waals surface area (Å²) in [6.45, 7) is 8.08. The number of aromatic nitrogens is 4. The van der Waals surface area contributed by atoms with Crippen LogP contribution in [0.5, 0.6) is 0 Å². The normalized spacial score (nSPS) is 13.3. The topological polar surface area (TPSA) is 120 Å². The van der Waals surface area contributed by atoms with Gasteiger partial charge in [0, 0.05) is 60.0 Å². The standard InChI is InChI=1S/C26H27FN5O5P/c1-6-24(33)31(5)20-9-18(12-28-14-20)19-10-21-22(17-7-8-29-23(27)11-17)15-32(25(21)30-13-19)16-36-38(34,35)37-26(2,3)4/h6-15H,1,16H2,2-5H3,(H,34,35). The quantitative estimate of drug-likeness (QED) is 0.181. The van der Waals surface area contributed by atoms with Crippen LogP contribution in [0.15, 0.2) is 67.9 Å². The van der Waals surface area contributed by atoms with Gasteiger partial charge in [0.2, 0.25) is 11.9 Å². The number of rotatable bonds is 8. The lowest BCUT2D eigenvalue weighted by Gasteiger charge is -2.22. The number of phosphoric ester groups is 1. The predicted molar refractivity (Wildman–Crippen MR) is 142 cm³/mol. The molecule has 1 unspecified atom stereocenters. The molecule has 0 fully saturated rings. The molecule has 0 aliphatic heterocycles. The monoisotopic (exact) mass is 539 g/mol. The van der Waals surface area contributed by atoms with Crippen LogP contribution in [-0.4, -0.2) is 43.0 Å². The van der Waals surface area contributed by atoms with E-state index in [0.717, 1.165) is 0 Å². The van der Waals surface area contributed by atoms with Crippen molar-refractivity contribution >= 4 is 30.5 Å². The number of amides is 1. The summed E-state index contributed by atoms with van der Waals surface area (Å²) in [6, 6.07) is 6.56. The Labute approximate surface area is 219 Å². The molecule has 1 amide bonds. The van der Waals surface area contributed by atoms with Crippen molar-refractivity contribution in [2.24, 2.45) is 0 Å². The maximum atomic E-state index is 14.0. The van der Waals surface area contributed by atoms with Crippen LogP contribution in [-0.2, 0) is 25.1 Å². The number of fused-ring (bicyclic) bond motifs is 1. The third-order valence-electron chi connectivity index (χ3n) is 5.45. The Bertz CT molecular complexity index is 1570. The smallest absolute Gasteiger partial charge is 0.310 e. The Morgan fingerprint density at radius 2 is 1.92 bits per heavy atom. The van der Waals surface area contributed by atoms with Gasteiger partial charge in [0.15, 0.2) is 0 Å². The summed E-state index contributed by atoms with van der Waals surface area (Å²) in [5.41, 5.74) is 2.60. The van der Waals surface area contributed by atoms with Gasteiger partial charge in [-0.25, -0.2) is 14.5 Å². The van der Waals surface area contributed by atoms with E-state index in [9.17, 15) is 18.6 Å². The maximum absolute atomic E-state index is 14.0. The number of anilines is 1. The fourth-order valence-corrected chi connectivity index (χ4v) is 4.78. The van der Waals surface area contributed by atoms with Crippen LogP contribution in [0.25, 0.3) is 33.3 Å². The van der Waals surface area contributed by atoms with Crippen LogP contribution in [0, 0.1) is 5.95 Å². The van der Waals surface area contributed by atoms with E-state index in [-0.39, 0.29) is 12.6 Å². The molecule has 0 saturated carbocycles. The van der Waals surface area contributed by atoms with E-state index in [1.165, 1.54) is 27.8 Å². The van der Waals surface area contributed by atoms with Crippen LogP contribution in [0.4, 0.5) is 10.1 Å². The SMILES string of the molecule is C=CC(=O)N(C)c1cncc(-c2cnc3c(c2)c(-c2ccnc(F)c2)cn3COP(=O)(O)OC(C)(C)C)c1. The Kier molecular flexibility index (Phi) is 7.57. The van der Waals surface area contributed by atoms with Gasteiger partial charge in [-0.15, -0.1) is 0 Å². The molecule has 4 heterocycles. The molecule has 4 aromatic heterocycles. The first kappa shape index (κ1) is 27.3. The fraction of sp³-hybridized carbons (Fsp3) is 0.231. The molecule has 0 radical (unpaired) electrons. The summed E-state index contributed by atoms with van der Waals surface area (Å²) >= 11 is 0. The predicted octanol–water partition coefficient (Wildman–Crippen LogP) is 5.34. The minimum atomic E-state index is -4.38. The lowest BCUT2D eigenvalue weighted by molar-refractivity contribution is -0.113. The highest BCUT2D eigenvalue weighted by Crippen LogP contribution is 2.47. The Morgan fingerprint density at radius 3 is 2.61 bits per heavy atom. The Morgan fingerprint density at radius 1 is 1.18 bits per heavy atom. The van der Waals surface area contributed by atoms with Gasteiger partial charge in [-0.1, -0.05) is 6.58 Å². The first-order chi connectivity index (χ1) is 17.9.